The van der Waals surface area contributed by atoms with Crippen molar-refractivity contribution >= 4 is 11.7 Å². The van der Waals surface area contributed by atoms with Gasteiger partial charge >= 0.3 is 5.97 Å². The van der Waals surface area contributed by atoms with Crippen LogP contribution in [0.4, 0.5) is 10.1 Å². The Hall–Kier alpha value is -1.58. The Morgan fingerprint density at radius 3 is 3.07 bits per heavy atom. The zero-order valence-electron chi connectivity index (χ0n) is 8.47. The fourth-order valence-corrected chi connectivity index (χ4v) is 1.83. The second-order valence-electron chi connectivity index (χ2n) is 3.51. The number of anilines is 1. The van der Waals surface area contributed by atoms with Crippen LogP contribution in [-0.4, -0.2) is 19.6 Å². The summed E-state index contributed by atoms with van der Waals surface area (Å²) < 4.78 is 17.8. The number of methoxy groups -OCH3 is 1. The number of fused-ring (bicyclic) bond motifs is 1. The summed E-state index contributed by atoms with van der Waals surface area (Å²) in [5, 5.41) is 3.11. The standard InChI is InChI=1S/C11H12FNO2/c1-15-11(14)9-6-8(12)5-7-3-2-4-13-10(7)9/h5-6,13H,2-4H2,1H3. The van der Waals surface area contributed by atoms with Crippen LogP contribution < -0.4 is 5.32 Å². The van der Waals surface area contributed by atoms with Crippen molar-refractivity contribution in [3.05, 3.63) is 29.1 Å². The number of carbonyl (C=O) groups is 1. The Balaban J connectivity index is 2.52. The highest BCUT2D eigenvalue weighted by Crippen LogP contribution is 2.27. The van der Waals surface area contributed by atoms with Crippen LogP contribution in [0.1, 0.15) is 22.3 Å². The van der Waals surface area contributed by atoms with E-state index in [0.29, 0.717) is 0 Å². The molecule has 1 heterocycles. The van der Waals surface area contributed by atoms with Crippen LogP contribution in [-0.2, 0) is 11.2 Å². The monoisotopic (exact) mass is 209 g/mol. The smallest absolute Gasteiger partial charge is 0.340 e. The molecular weight excluding hydrogens is 197 g/mol. The summed E-state index contributed by atoms with van der Waals surface area (Å²) in [6, 6.07) is 2.68. The van der Waals surface area contributed by atoms with Crippen molar-refractivity contribution < 1.29 is 13.9 Å². The normalized spacial score (nSPS) is 14.0. The zero-order valence-corrected chi connectivity index (χ0v) is 8.47. The Kier molecular flexibility index (Phi) is 2.58. The number of carbonyl (C=O) groups excluding carboxylic acids is 1. The Morgan fingerprint density at radius 1 is 1.53 bits per heavy atom. The third-order valence-corrected chi connectivity index (χ3v) is 2.51. The van der Waals surface area contributed by atoms with Gasteiger partial charge in [0.25, 0.3) is 0 Å². The first kappa shape index (κ1) is 9.96. The highest BCUT2D eigenvalue weighted by atomic mass is 19.1. The van der Waals surface area contributed by atoms with Crippen molar-refractivity contribution in [2.45, 2.75) is 12.8 Å². The number of halogens is 1. The molecule has 4 heteroatoms. The van der Waals surface area contributed by atoms with Gasteiger partial charge in [-0.15, -0.1) is 0 Å². The molecule has 1 aliphatic heterocycles. The first-order valence-electron chi connectivity index (χ1n) is 4.87. The van der Waals surface area contributed by atoms with Gasteiger partial charge in [0.2, 0.25) is 0 Å². The number of benzene rings is 1. The van der Waals surface area contributed by atoms with Gasteiger partial charge in [-0.25, -0.2) is 9.18 Å². The number of nitrogens with one attached hydrogen (secondary N) is 1. The summed E-state index contributed by atoms with van der Waals surface area (Å²) in [5.41, 5.74) is 1.85. The van der Waals surface area contributed by atoms with Crippen molar-refractivity contribution in [2.75, 3.05) is 19.0 Å². The molecule has 1 aromatic rings. The van der Waals surface area contributed by atoms with Crippen molar-refractivity contribution in [2.24, 2.45) is 0 Å². The maximum atomic E-state index is 13.2. The molecule has 0 unspecified atom stereocenters. The van der Waals surface area contributed by atoms with Crippen LogP contribution in [0.25, 0.3) is 0 Å². The van der Waals surface area contributed by atoms with Gasteiger partial charge in [-0.05, 0) is 30.5 Å². The lowest BCUT2D eigenvalue weighted by Gasteiger charge is -2.20. The summed E-state index contributed by atoms with van der Waals surface area (Å²) in [6.45, 7) is 0.808. The molecule has 3 nitrogen and oxygen atoms in total. The topological polar surface area (TPSA) is 38.3 Å². The predicted molar refractivity (Wildman–Crippen MR) is 54.6 cm³/mol. The number of hydrogen-bond donors (Lipinski definition) is 1. The molecule has 0 spiro atoms. The molecule has 0 aromatic heterocycles. The molecule has 0 atom stereocenters. The first-order chi connectivity index (χ1) is 7.22. The van der Waals surface area contributed by atoms with Gasteiger partial charge in [-0.3, -0.25) is 0 Å². The lowest BCUT2D eigenvalue weighted by molar-refractivity contribution is 0.0601. The van der Waals surface area contributed by atoms with E-state index in [0.717, 1.165) is 30.6 Å². The van der Waals surface area contributed by atoms with Crippen molar-refractivity contribution in [3.8, 4) is 0 Å². The molecule has 0 saturated heterocycles. The lowest BCUT2D eigenvalue weighted by Crippen LogP contribution is -2.17. The van der Waals surface area contributed by atoms with E-state index in [1.54, 1.807) is 0 Å². The molecule has 80 valence electrons. The quantitative estimate of drug-likeness (QED) is 0.718. The second kappa shape index (κ2) is 3.88. The molecule has 1 aliphatic rings. The van der Waals surface area contributed by atoms with Crippen LogP contribution in [0.5, 0.6) is 0 Å². The number of hydrogen-bond acceptors (Lipinski definition) is 3. The second-order valence-corrected chi connectivity index (χ2v) is 3.51. The number of ether oxygens (including phenoxy) is 1. The van der Waals surface area contributed by atoms with E-state index >= 15 is 0 Å². The predicted octanol–water partition coefficient (Wildman–Crippen LogP) is 1.97. The lowest BCUT2D eigenvalue weighted by atomic mass is 9.99. The van der Waals surface area contributed by atoms with Gasteiger partial charge in [-0.1, -0.05) is 0 Å². The van der Waals surface area contributed by atoms with E-state index in [-0.39, 0.29) is 5.56 Å². The van der Waals surface area contributed by atoms with E-state index in [1.165, 1.54) is 19.2 Å². The molecule has 0 bridgehead atoms. The van der Waals surface area contributed by atoms with Crippen LogP contribution >= 0.6 is 0 Å². The molecule has 0 radical (unpaired) electrons. The first-order valence-corrected chi connectivity index (χ1v) is 4.87. The van der Waals surface area contributed by atoms with Gasteiger partial charge < -0.3 is 10.1 Å². The highest BCUT2D eigenvalue weighted by Gasteiger charge is 2.19. The van der Waals surface area contributed by atoms with Gasteiger partial charge in [-0.2, -0.15) is 0 Å². The van der Waals surface area contributed by atoms with Crippen molar-refractivity contribution in [3.63, 3.8) is 0 Å². The van der Waals surface area contributed by atoms with Crippen molar-refractivity contribution in [1.82, 2.24) is 0 Å². The minimum atomic E-state index is -0.500. The maximum absolute atomic E-state index is 13.2. The number of rotatable bonds is 1. The van der Waals surface area contributed by atoms with Crippen LogP contribution in [0.2, 0.25) is 0 Å². The summed E-state index contributed by atoms with van der Waals surface area (Å²) in [7, 11) is 1.29. The minimum Gasteiger partial charge on any atom is -0.465 e. The van der Waals surface area contributed by atoms with E-state index in [9.17, 15) is 9.18 Å². The van der Waals surface area contributed by atoms with Gasteiger partial charge in [0.05, 0.1) is 18.4 Å². The Labute approximate surface area is 87.2 Å². The summed E-state index contributed by atoms with van der Waals surface area (Å²) >= 11 is 0. The number of aryl methyl sites for hydroxylation is 1. The molecular formula is C11H12FNO2. The molecule has 0 aliphatic carbocycles. The van der Waals surface area contributed by atoms with Gasteiger partial charge in [0.1, 0.15) is 5.82 Å². The van der Waals surface area contributed by atoms with Crippen LogP contribution in [0.3, 0.4) is 0 Å². The largest absolute Gasteiger partial charge is 0.465 e. The maximum Gasteiger partial charge on any atom is 0.340 e. The molecule has 2 rings (SSSR count). The summed E-state index contributed by atoms with van der Waals surface area (Å²) in [4.78, 5) is 11.4. The summed E-state index contributed by atoms with van der Waals surface area (Å²) in [5.74, 6) is -0.891. The van der Waals surface area contributed by atoms with Crippen LogP contribution in [0.15, 0.2) is 12.1 Å². The molecule has 0 saturated carbocycles. The third-order valence-electron chi connectivity index (χ3n) is 2.51. The molecule has 0 amide bonds. The average molecular weight is 209 g/mol. The molecule has 1 N–H and O–H groups in total. The number of esters is 1. The van der Waals surface area contributed by atoms with Crippen LogP contribution in [0, 0.1) is 5.82 Å². The Morgan fingerprint density at radius 2 is 2.33 bits per heavy atom. The average Bonchev–Trinajstić information content (AvgIpc) is 2.26. The Bertz CT molecular complexity index is 404. The molecule has 15 heavy (non-hydrogen) atoms. The van der Waals surface area contributed by atoms with E-state index < -0.39 is 11.8 Å². The molecule has 0 fully saturated rings. The fourth-order valence-electron chi connectivity index (χ4n) is 1.83. The van der Waals surface area contributed by atoms with Gasteiger partial charge in [0.15, 0.2) is 0 Å². The summed E-state index contributed by atoms with van der Waals surface area (Å²) in [6.07, 6.45) is 1.75. The van der Waals surface area contributed by atoms with E-state index in [2.05, 4.69) is 10.1 Å². The van der Waals surface area contributed by atoms with E-state index in [1.807, 2.05) is 0 Å². The molecule has 1 aromatic carbocycles. The SMILES string of the molecule is COC(=O)c1cc(F)cc2c1NCCC2. The van der Waals surface area contributed by atoms with Gasteiger partial charge in [0, 0.05) is 6.54 Å². The van der Waals surface area contributed by atoms with E-state index in [4.69, 9.17) is 0 Å². The third kappa shape index (κ3) is 1.79. The highest BCUT2D eigenvalue weighted by molar-refractivity contribution is 5.96. The zero-order chi connectivity index (χ0) is 10.8. The van der Waals surface area contributed by atoms with Crippen molar-refractivity contribution in [1.29, 1.82) is 0 Å². The minimum absolute atomic E-state index is 0.284. The fraction of sp³-hybridized carbons (Fsp3) is 0.364.